The van der Waals surface area contributed by atoms with Gasteiger partial charge in [0.05, 0.1) is 0 Å². The van der Waals surface area contributed by atoms with Crippen molar-refractivity contribution in [3.63, 3.8) is 0 Å². The lowest BCUT2D eigenvalue weighted by molar-refractivity contribution is 0.0990. The monoisotopic (exact) mass is 256 g/mol. The van der Waals surface area contributed by atoms with E-state index < -0.39 is 0 Å². The lowest BCUT2D eigenvalue weighted by Gasteiger charge is -2.11. The molecule has 0 saturated heterocycles. The number of hydrogen-bond acceptors (Lipinski definition) is 4. The molecule has 0 amide bonds. The van der Waals surface area contributed by atoms with E-state index in [0.717, 1.165) is 5.56 Å². The van der Waals surface area contributed by atoms with Gasteiger partial charge in [-0.1, -0.05) is 18.2 Å². The standard InChI is InChI=1S/C15H12O4/c1-8-10(16)7-13-14(15(8)18)11(17)6-9-4-2-3-5-12(9)19-13/h2-5,7,16,18H,6H2,1H3. The van der Waals surface area contributed by atoms with Crippen LogP contribution in [0.1, 0.15) is 21.5 Å². The Bertz CT molecular complexity index is 689. The third-order valence-corrected chi connectivity index (χ3v) is 3.31. The second-order valence-corrected chi connectivity index (χ2v) is 4.55. The Labute approximate surface area is 109 Å². The Hall–Kier alpha value is -2.49. The molecule has 0 atom stereocenters. The van der Waals surface area contributed by atoms with Crippen molar-refractivity contribution in [3.8, 4) is 23.0 Å². The van der Waals surface area contributed by atoms with Gasteiger partial charge in [0.1, 0.15) is 28.6 Å². The second-order valence-electron chi connectivity index (χ2n) is 4.55. The minimum Gasteiger partial charge on any atom is -0.507 e. The van der Waals surface area contributed by atoms with Crippen molar-refractivity contribution in [2.45, 2.75) is 13.3 Å². The molecule has 19 heavy (non-hydrogen) atoms. The van der Waals surface area contributed by atoms with Gasteiger partial charge in [-0.2, -0.15) is 0 Å². The number of ketones is 1. The summed E-state index contributed by atoms with van der Waals surface area (Å²) in [6.07, 6.45) is 0.168. The summed E-state index contributed by atoms with van der Waals surface area (Å²) < 4.78 is 5.65. The van der Waals surface area contributed by atoms with Crippen LogP contribution in [-0.2, 0) is 6.42 Å². The van der Waals surface area contributed by atoms with E-state index in [1.165, 1.54) is 6.07 Å². The van der Waals surface area contributed by atoms with Gasteiger partial charge in [-0.15, -0.1) is 0 Å². The Morgan fingerprint density at radius 2 is 1.89 bits per heavy atom. The first-order valence-electron chi connectivity index (χ1n) is 5.92. The number of hydrogen-bond donors (Lipinski definition) is 2. The molecule has 0 radical (unpaired) electrons. The molecule has 2 aromatic carbocycles. The molecule has 3 rings (SSSR count). The molecule has 0 unspecified atom stereocenters. The summed E-state index contributed by atoms with van der Waals surface area (Å²) in [5.41, 5.74) is 1.17. The summed E-state index contributed by atoms with van der Waals surface area (Å²) in [5, 5.41) is 19.8. The van der Waals surface area contributed by atoms with E-state index in [2.05, 4.69) is 0 Å². The summed E-state index contributed by atoms with van der Waals surface area (Å²) in [4.78, 5) is 12.2. The van der Waals surface area contributed by atoms with Crippen LogP contribution in [-0.4, -0.2) is 16.0 Å². The maximum absolute atomic E-state index is 12.2. The van der Waals surface area contributed by atoms with E-state index in [1.807, 2.05) is 18.2 Å². The highest BCUT2D eigenvalue weighted by Gasteiger charge is 2.26. The van der Waals surface area contributed by atoms with Crippen LogP contribution in [0.3, 0.4) is 0 Å². The smallest absolute Gasteiger partial charge is 0.174 e. The van der Waals surface area contributed by atoms with Gasteiger partial charge in [0, 0.05) is 23.6 Å². The van der Waals surface area contributed by atoms with Crippen molar-refractivity contribution >= 4 is 5.78 Å². The molecule has 4 nitrogen and oxygen atoms in total. The van der Waals surface area contributed by atoms with E-state index in [9.17, 15) is 15.0 Å². The molecule has 1 heterocycles. The van der Waals surface area contributed by atoms with E-state index in [-0.39, 0.29) is 40.6 Å². The number of Topliss-reactive ketones (excluding diaryl/α,β-unsaturated/α-hetero) is 1. The highest BCUT2D eigenvalue weighted by molar-refractivity contribution is 6.04. The van der Waals surface area contributed by atoms with E-state index in [1.54, 1.807) is 13.0 Å². The average Bonchev–Trinajstić information content (AvgIpc) is 2.51. The first-order chi connectivity index (χ1) is 9.08. The predicted octanol–water partition coefficient (Wildman–Crippen LogP) is 2.94. The molecule has 0 fully saturated rings. The minimum absolute atomic E-state index is 0.0940. The summed E-state index contributed by atoms with van der Waals surface area (Å²) >= 11 is 0. The summed E-state index contributed by atoms with van der Waals surface area (Å²) in [6.45, 7) is 1.55. The molecule has 0 aromatic heterocycles. The number of aromatic hydroxyl groups is 2. The number of benzene rings is 2. The zero-order valence-corrected chi connectivity index (χ0v) is 10.3. The zero-order valence-electron chi connectivity index (χ0n) is 10.3. The van der Waals surface area contributed by atoms with Crippen molar-refractivity contribution in [3.05, 3.63) is 47.0 Å². The number of phenols is 2. The SMILES string of the molecule is Cc1c(O)cc2c(c1O)C(=O)Cc1ccccc1O2. The molecule has 2 aromatic rings. The minimum atomic E-state index is -0.222. The maximum atomic E-state index is 12.2. The van der Waals surface area contributed by atoms with Crippen LogP contribution in [0, 0.1) is 6.92 Å². The molecule has 1 aliphatic heterocycles. The molecule has 96 valence electrons. The number of ether oxygens (including phenoxy) is 1. The molecular formula is C15H12O4. The Morgan fingerprint density at radius 3 is 2.68 bits per heavy atom. The number of phenolic OH excluding ortho intramolecular Hbond substituents is 2. The topological polar surface area (TPSA) is 66.8 Å². The average molecular weight is 256 g/mol. The fourth-order valence-corrected chi connectivity index (χ4v) is 2.21. The van der Waals surface area contributed by atoms with Crippen LogP contribution in [0.4, 0.5) is 0 Å². The van der Waals surface area contributed by atoms with Crippen LogP contribution in [0.5, 0.6) is 23.0 Å². The predicted molar refractivity (Wildman–Crippen MR) is 69.1 cm³/mol. The van der Waals surface area contributed by atoms with Gasteiger partial charge in [-0.25, -0.2) is 0 Å². The maximum Gasteiger partial charge on any atom is 0.174 e. The number of carbonyl (C=O) groups excluding carboxylic acids is 1. The van der Waals surface area contributed by atoms with Crippen molar-refractivity contribution in [2.24, 2.45) is 0 Å². The van der Waals surface area contributed by atoms with Crippen molar-refractivity contribution in [2.75, 3.05) is 0 Å². The molecule has 1 aliphatic rings. The van der Waals surface area contributed by atoms with Gasteiger partial charge in [-0.05, 0) is 13.0 Å². The molecule has 0 bridgehead atoms. The Morgan fingerprint density at radius 1 is 1.16 bits per heavy atom. The molecule has 0 saturated carbocycles. The van der Waals surface area contributed by atoms with Crippen LogP contribution >= 0.6 is 0 Å². The van der Waals surface area contributed by atoms with Crippen molar-refractivity contribution in [1.29, 1.82) is 0 Å². The van der Waals surface area contributed by atoms with Gasteiger partial charge in [0.15, 0.2) is 5.78 Å². The Balaban J connectivity index is 2.25. The van der Waals surface area contributed by atoms with Crippen LogP contribution in [0.25, 0.3) is 0 Å². The quantitative estimate of drug-likeness (QED) is 0.760. The largest absolute Gasteiger partial charge is 0.507 e. The third kappa shape index (κ3) is 1.73. The van der Waals surface area contributed by atoms with Gasteiger partial charge in [0.25, 0.3) is 0 Å². The number of carbonyl (C=O) groups is 1. The molecule has 0 spiro atoms. The Kier molecular flexibility index (Phi) is 2.45. The van der Waals surface area contributed by atoms with Gasteiger partial charge in [-0.3, -0.25) is 4.79 Å². The molecule has 2 N–H and O–H groups in total. The van der Waals surface area contributed by atoms with Crippen molar-refractivity contribution in [1.82, 2.24) is 0 Å². The first kappa shape index (κ1) is 11.6. The summed E-state index contributed by atoms with van der Waals surface area (Å²) in [7, 11) is 0. The van der Waals surface area contributed by atoms with Crippen LogP contribution < -0.4 is 4.74 Å². The summed E-state index contributed by atoms with van der Waals surface area (Å²) in [5.74, 6) is 0.226. The molecule has 0 aliphatic carbocycles. The zero-order chi connectivity index (χ0) is 13.6. The fraction of sp³-hybridized carbons (Fsp3) is 0.133. The highest BCUT2D eigenvalue weighted by atomic mass is 16.5. The second kappa shape index (κ2) is 4.02. The molecular weight excluding hydrogens is 244 g/mol. The highest BCUT2D eigenvalue weighted by Crippen LogP contribution is 2.42. The normalized spacial score (nSPS) is 13.2. The van der Waals surface area contributed by atoms with Crippen molar-refractivity contribution < 1.29 is 19.7 Å². The third-order valence-electron chi connectivity index (χ3n) is 3.31. The number of fused-ring (bicyclic) bond motifs is 2. The van der Waals surface area contributed by atoms with Gasteiger partial charge >= 0.3 is 0 Å². The van der Waals surface area contributed by atoms with E-state index in [0.29, 0.717) is 5.75 Å². The fourth-order valence-electron chi connectivity index (χ4n) is 2.21. The summed E-state index contributed by atoms with van der Waals surface area (Å²) in [6, 6.07) is 8.56. The lowest BCUT2D eigenvalue weighted by Crippen LogP contribution is -2.03. The lowest BCUT2D eigenvalue weighted by atomic mass is 10.00. The van der Waals surface area contributed by atoms with E-state index in [4.69, 9.17) is 4.74 Å². The molecule has 4 heteroatoms. The number of rotatable bonds is 0. The van der Waals surface area contributed by atoms with Gasteiger partial charge < -0.3 is 14.9 Å². The number of para-hydroxylation sites is 1. The van der Waals surface area contributed by atoms with Crippen LogP contribution in [0.15, 0.2) is 30.3 Å². The van der Waals surface area contributed by atoms with Crippen LogP contribution in [0.2, 0.25) is 0 Å². The first-order valence-corrected chi connectivity index (χ1v) is 5.92. The van der Waals surface area contributed by atoms with Gasteiger partial charge in [0.2, 0.25) is 0 Å². The van der Waals surface area contributed by atoms with E-state index >= 15 is 0 Å².